The Morgan fingerprint density at radius 3 is 2.23 bits per heavy atom. The van der Waals surface area contributed by atoms with Gasteiger partial charge in [-0.1, -0.05) is 85.0 Å². The molecule has 0 aromatic rings. The minimum absolute atomic E-state index is 0.573. The standard InChI is InChI=1S/C21H42O/c1-4-5-6-7-8-9-13-19(2)14-12-15-20(3)18-21-16-10-11-17-22-21/h19-21H,4-18H2,1-3H3/t19-,20+,21?/m1/s1. The highest BCUT2D eigenvalue weighted by Gasteiger charge is 2.16. The van der Waals surface area contributed by atoms with Gasteiger partial charge in [0.1, 0.15) is 0 Å². The van der Waals surface area contributed by atoms with Crippen LogP contribution in [0.1, 0.15) is 111 Å². The lowest BCUT2D eigenvalue weighted by atomic mass is 9.91. The second kappa shape index (κ2) is 13.4. The Labute approximate surface area is 140 Å². The highest BCUT2D eigenvalue weighted by atomic mass is 16.5. The van der Waals surface area contributed by atoms with E-state index >= 15 is 0 Å². The van der Waals surface area contributed by atoms with E-state index in [1.54, 1.807) is 0 Å². The van der Waals surface area contributed by atoms with Gasteiger partial charge in [0.2, 0.25) is 0 Å². The summed E-state index contributed by atoms with van der Waals surface area (Å²) in [5, 5.41) is 0. The molecule has 1 unspecified atom stereocenters. The molecule has 1 fully saturated rings. The maximum absolute atomic E-state index is 5.87. The van der Waals surface area contributed by atoms with Crippen molar-refractivity contribution in [3.05, 3.63) is 0 Å². The van der Waals surface area contributed by atoms with Crippen LogP contribution in [0.5, 0.6) is 0 Å². The summed E-state index contributed by atoms with van der Waals surface area (Å²) in [6, 6.07) is 0. The van der Waals surface area contributed by atoms with Gasteiger partial charge in [-0.3, -0.25) is 0 Å². The van der Waals surface area contributed by atoms with Crippen LogP contribution in [0.2, 0.25) is 0 Å². The van der Waals surface area contributed by atoms with Gasteiger partial charge in [0.15, 0.2) is 0 Å². The van der Waals surface area contributed by atoms with Gasteiger partial charge in [-0.2, -0.15) is 0 Å². The van der Waals surface area contributed by atoms with E-state index < -0.39 is 0 Å². The zero-order valence-corrected chi connectivity index (χ0v) is 15.7. The molecular weight excluding hydrogens is 268 g/mol. The SMILES string of the molecule is CCCCCCCC[C@@H](C)CCC[C@H](C)CC1CCCCO1. The van der Waals surface area contributed by atoms with Crippen molar-refractivity contribution in [2.24, 2.45) is 11.8 Å². The number of unbranched alkanes of at least 4 members (excludes halogenated alkanes) is 5. The molecule has 1 aliphatic rings. The average Bonchev–Trinajstić information content (AvgIpc) is 2.51. The van der Waals surface area contributed by atoms with Crippen molar-refractivity contribution < 1.29 is 4.74 Å². The molecular formula is C21H42O. The zero-order chi connectivity index (χ0) is 16.0. The number of rotatable bonds is 13. The summed E-state index contributed by atoms with van der Waals surface area (Å²) in [5.41, 5.74) is 0. The minimum atomic E-state index is 0.573. The van der Waals surface area contributed by atoms with E-state index in [-0.39, 0.29) is 0 Å². The summed E-state index contributed by atoms with van der Waals surface area (Å²) >= 11 is 0. The molecule has 22 heavy (non-hydrogen) atoms. The van der Waals surface area contributed by atoms with Crippen LogP contribution in [0.3, 0.4) is 0 Å². The van der Waals surface area contributed by atoms with E-state index in [2.05, 4.69) is 20.8 Å². The second-order valence-corrected chi connectivity index (χ2v) is 7.92. The summed E-state index contributed by atoms with van der Waals surface area (Å²) in [6.07, 6.45) is 20.2. The number of hydrogen-bond acceptors (Lipinski definition) is 1. The molecule has 1 heteroatoms. The highest BCUT2D eigenvalue weighted by molar-refractivity contribution is 4.68. The molecule has 0 amide bonds. The third-order valence-electron chi connectivity index (χ3n) is 5.38. The molecule has 1 rings (SSSR count). The van der Waals surface area contributed by atoms with E-state index in [0.29, 0.717) is 6.10 Å². The van der Waals surface area contributed by atoms with Gasteiger partial charge >= 0.3 is 0 Å². The van der Waals surface area contributed by atoms with Gasteiger partial charge in [-0.25, -0.2) is 0 Å². The van der Waals surface area contributed by atoms with Crippen LogP contribution in [0.15, 0.2) is 0 Å². The first kappa shape index (κ1) is 20.0. The average molecular weight is 311 g/mol. The first-order valence-electron chi connectivity index (χ1n) is 10.3. The van der Waals surface area contributed by atoms with Crippen LogP contribution in [0.4, 0.5) is 0 Å². The molecule has 0 N–H and O–H groups in total. The molecule has 0 bridgehead atoms. The molecule has 3 atom stereocenters. The molecule has 1 aliphatic heterocycles. The maximum atomic E-state index is 5.87. The summed E-state index contributed by atoms with van der Waals surface area (Å²) in [7, 11) is 0. The van der Waals surface area contributed by atoms with Crippen LogP contribution in [-0.2, 0) is 4.74 Å². The number of hydrogen-bond donors (Lipinski definition) is 0. The van der Waals surface area contributed by atoms with Gasteiger partial charge in [-0.15, -0.1) is 0 Å². The van der Waals surface area contributed by atoms with Gasteiger partial charge < -0.3 is 4.74 Å². The monoisotopic (exact) mass is 310 g/mol. The second-order valence-electron chi connectivity index (χ2n) is 7.92. The Hall–Kier alpha value is -0.0400. The minimum Gasteiger partial charge on any atom is -0.378 e. The van der Waals surface area contributed by atoms with E-state index in [0.717, 1.165) is 18.4 Å². The predicted molar refractivity (Wildman–Crippen MR) is 98.4 cm³/mol. The predicted octanol–water partition coefficient (Wildman–Crippen LogP) is 7.14. The summed E-state index contributed by atoms with van der Waals surface area (Å²) in [4.78, 5) is 0. The fourth-order valence-corrected chi connectivity index (χ4v) is 3.79. The molecule has 0 radical (unpaired) electrons. The van der Waals surface area contributed by atoms with Crippen LogP contribution >= 0.6 is 0 Å². The molecule has 0 aromatic carbocycles. The molecule has 1 saturated heterocycles. The Morgan fingerprint density at radius 2 is 1.50 bits per heavy atom. The number of ether oxygens (including phenoxy) is 1. The van der Waals surface area contributed by atoms with Crippen molar-refractivity contribution in [1.29, 1.82) is 0 Å². The van der Waals surface area contributed by atoms with Gasteiger partial charge in [0.05, 0.1) is 6.10 Å². The largest absolute Gasteiger partial charge is 0.378 e. The molecule has 0 aromatic heterocycles. The van der Waals surface area contributed by atoms with Crippen molar-refractivity contribution in [2.75, 3.05) is 6.61 Å². The molecule has 1 heterocycles. The normalized spacial score (nSPS) is 21.7. The van der Waals surface area contributed by atoms with E-state index in [4.69, 9.17) is 4.74 Å². The lowest BCUT2D eigenvalue weighted by Crippen LogP contribution is -2.21. The smallest absolute Gasteiger partial charge is 0.0577 e. The summed E-state index contributed by atoms with van der Waals surface area (Å²) in [6.45, 7) is 8.19. The Kier molecular flexibility index (Phi) is 12.2. The van der Waals surface area contributed by atoms with Crippen LogP contribution in [-0.4, -0.2) is 12.7 Å². The first-order valence-corrected chi connectivity index (χ1v) is 10.3. The van der Waals surface area contributed by atoms with E-state index in [1.165, 1.54) is 89.9 Å². The van der Waals surface area contributed by atoms with Gasteiger partial charge in [0, 0.05) is 6.61 Å². The topological polar surface area (TPSA) is 9.23 Å². The quantitative estimate of drug-likeness (QED) is 0.328. The third-order valence-corrected chi connectivity index (χ3v) is 5.38. The zero-order valence-electron chi connectivity index (χ0n) is 15.7. The van der Waals surface area contributed by atoms with Crippen molar-refractivity contribution >= 4 is 0 Å². The first-order chi connectivity index (χ1) is 10.7. The van der Waals surface area contributed by atoms with Crippen molar-refractivity contribution in [3.8, 4) is 0 Å². The molecule has 132 valence electrons. The third kappa shape index (κ3) is 10.6. The Bertz CT molecular complexity index is 232. The van der Waals surface area contributed by atoms with Crippen LogP contribution < -0.4 is 0 Å². The molecule has 1 nitrogen and oxygen atoms in total. The molecule has 0 aliphatic carbocycles. The molecule has 0 spiro atoms. The van der Waals surface area contributed by atoms with Crippen LogP contribution in [0.25, 0.3) is 0 Å². The fraction of sp³-hybridized carbons (Fsp3) is 1.00. The highest BCUT2D eigenvalue weighted by Crippen LogP contribution is 2.24. The fourth-order valence-electron chi connectivity index (χ4n) is 3.79. The summed E-state index contributed by atoms with van der Waals surface area (Å²) < 4.78 is 5.87. The van der Waals surface area contributed by atoms with Crippen molar-refractivity contribution in [3.63, 3.8) is 0 Å². The van der Waals surface area contributed by atoms with Crippen LogP contribution in [0, 0.1) is 11.8 Å². The van der Waals surface area contributed by atoms with Crippen molar-refractivity contribution in [1.82, 2.24) is 0 Å². The Morgan fingerprint density at radius 1 is 0.818 bits per heavy atom. The Balaban J connectivity index is 1.91. The lowest BCUT2D eigenvalue weighted by Gasteiger charge is -2.25. The van der Waals surface area contributed by atoms with E-state index in [9.17, 15) is 0 Å². The molecule has 0 saturated carbocycles. The van der Waals surface area contributed by atoms with Gasteiger partial charge in [0.25, 0.3) is 0 Å². The van der Waals surface area contributed by atoms with E-state index in [1.807, 2.05) is 0 Å². The van der Waals surface area contributed by atoms with Gasteiger partial charge in [-0.05, 0) is 37.5 Å². The summed E-state index contributed by atoms with van der Waals surface area (Å²) in [5.74, 6) is 1.79. The lowest BCUT2D eigenvalue weighted by molar-refractivity contribution is 0.00202. The maximum Gasteiger partial charge on any atom is 0.0577 e. The van der Waals surface area contributed by atoms with Crippen molar-refractivity contribution in [2.45, 2.75) is 117 Å².